The number of aromatic hydroxyl groups is 1. The van der Waals surface area contributed by atoms with Crippen molar-refractivity contribution in [3.8, 4) is 11.6 Å². The molecule has 0 bridgehead atoms. The maximum absolute atomic E-state index is 12.2. The molecule has 29 heavy (non-hydrogen) atoms. The first-order valence-corrected chi connectivity index (χ1v) is 9.82. The number of aryl methyl sites for hydroxylation is 1. The summed E-state index contributed by atoms with van der Waals surface area (Å²) in [6.07, 6.45) is 4.28. The zero-order valence-electron chi connectivity index (χ0n) is 16.2. The first-order valence-electron chi connectivity index (χ1n) is 9.82. The normalized spacial score (nSPS) is 14.2. The van der Waals surface area contributed by atoms with Gasteiger partial charge in [0.1, 0.15) is 0 Å². The second-order valence-corrected chi connectivity index (χ2v) is 7.67. The number of pyridine rings is 1. The van der Waals surface area contributed by atoms with Gasteiger partial charge in [-0.15, -0.1) is 0 Å². The number of hydrogen-bond acceptors (Lipinski definition) is 4. The molecule has 1 aliphatic rings. The second kappa shape index (κ2) is 6.51. The summed E-state index contributed by atoms with van der Waals surface area (Å²) in [5.74, 6) is -0.384. The fourth-order valence-corrected chi connectivity index (χ4v) is 4.33. The SMILES string of the molecule is Cc1cc(O)nc2ccc(-n3ccc4cc(N5CCCC5)c(C(N)=O)cc43)cc12. The van der Waals surface area contributed by atoms with Crippen molar-refractivity contribution in [3.05, 3.63) is 59.8 Å². The summed E-state index contributed by atoms with van der Waals surface area (Å²) in [5, 5.41) is 11.8. The van der Waals surface area contributed by atoms with Crippen LogP contribution in [0.25, 0.3) is 27.5 Å². The zero-order chi connectivity index (χ0) is 20.1. The number of amides is 1. The van der Waals surface area contributed by atoms with E-state index < -0.39 is 5.91 Å². The van der Waals surface area contributed by atoms with E-state index in [1.165, 1.54) is 0 Å². The monoisotopic (exact) mass is 386 g/mol. The number of anilines is 1. The Kier molecular flexibility index (Phi) is 3.94. The Morgan fingerprint density at radius 2 is 1.90 bits per heavy atom. The summed E-state index contributed by atoms with van der Waals surface area (Å²) in [6, 6.07) is 13.6. The number of benzene rings is 2. The summed E-state index contributed by atoms with van der Waals surface area (Å²) in [7, 11) is 0. The molecule has 3 heterocycles. The van der Waals surface area contributed by atoms with Gasteiger partial charge in [-0.2, -0.15) is 0 Å². The molecular formula is C23H22N4O2. The molecule has 2 aromatic carbocycles. The van der Waals surface area contributed by atoms with E-state index in [1.807, 2.05) is 31.3 Å². The highest BCUT2D eigenvalue weighted by molar-refractivity contribution is 6.03. The highest BCUT2D eigenvalue weighted by Gasteiger charge is 2.20. The fourth-order valence-electron chi connectivity index (χ4n) is 4.33. The van der Waals surface area contributed by atoms with Gasteiger partial charge in [-0.1, -0.05) is 0 Å². The highest BCUT2D eigenvalue weighted by atomic mass is 16.3. The molecule has 146 valence electrons. The van der Waals surface area contributed by atoms with Crippen LogP contribution in [0.2, 0.25) is 0 Å². The van der Waals surface area contributed by atoms with Gasteiger partial charge in [-0.25, -0.2) is 4.98 Å². The highest BCUT2D eigenvalue weighted by Crippen LogP contribution is 2.32. The molecule has 0 spiro atoms. The Hall–Kier alpha value is -3.54. The van der Waals surface area contributed by atoms with Crippen molar-refractivity contribution in [1.29, 1.82) is 0 Å². The third kappa shape index (κ3) is 2.88. The summed E-state index contributed by atoms with van der Waals surface area (Å²) < 4.78 is 2.06. The number of primary amides is 1. The maximum Gasteiger partial charge on any atom is 0.250 e. The topological polar surface area (TPSA) is 84.4 Å². The number of nitrogens with zero attached hydrogens (tertiary/aromatic N) is 3. The van der Waals surface area contributed by atoms with Gasteiger partial charge in [0, 0.05) is 41.8 Å². The number of rotatable bonds is 3. The Balaban J connectivity index is 1.69. The lowest BCUT2D eigenvalue weighted by Crippen LogP contribution is -2.23. The number of hydrogen-bond donors (Lipinski definition) is 2. The second-order valence-electron chi connectivity index (χ2n) is 7.67. The van der Waals surface area contributed by atoms with E-state index in [9.17, 15) is 9.90 Å². The lowest BCUT2D eigenvalue weighted by atomic mass is 10.1. The molecule has 0 radical (unpaired) electrons. The Bertz CT molecular complexity index is 1270. The molecule has 0 saturated carbocycles. The van der Waals surface area contributed by atoms with Gasteiger partial charge in [0.15, 0.2) is 0 Å². The molecule has 0 unspecified atom stereocenters. The number of nitrogens with two attached hydrogens (primary N) is 1. The van der Waals surface area contributed by atoms with Crippen LogP contribution in [0.4, 0.5) is 5.69 Å². The first-order chi connectivity index (χ1) is 14.0. The largest absolute Gasteiger partial charge is 0.493 e. The third-order valence-electron chi connectivity index (χ3n) is 5.78. The van der Waals surface area contributed by atoms with Crippen LogP contribution in [-0.4, -0.2) is 33.7 Å². The molecule has 6 heteroatoms. The number of carbonyl (C=O) groups is 1. The maximum atomic E-state index is 12.2. The summed E-state index contributed by atoms with van der Waals surface area (Å²) in [4.78, 5) is 18.6. The lowest BCUT2D eigenvalue weighted by molar-refractivity contribution is 0.100. The predicted molar refractivity (Wildman–Crippen MR) is 115 cm³/mol. The van der Waals surface area contributed by atoms with Crippen molar-refractivity contribution in [3.63, 3.8) is 0 Å². The summed E-state index contributed by atoms with van der Waals surface area (Å²) >= 11 is 0. The van der Waals surface area contributed by atoms with Gasteiger partial charge in [0.2, 0.25) is 5.88 Å². The lowest BCUT2D eigenvalue weighted by Gasteiger charge is -2.21. The van der Waals surface area contributed by atoms with Crippen LogP contribution in [0, 0.1) is 6.92 Å². The van der Waals surface area contributed by atoms with E-state index in [0.29, 0.717) is 5.56 Å². The van der Waals surface area contributed by atoms with E-state index in [-0.39, 0.29) is 5.88 Å². The molecule has 5 rings (SSSR count). The molecular weight excluding hydrogens is 364 g/mol. The van der Waals surface area contributed by atoms with E-state index in [2.05, 4.69) is 32.7 Å². The smallest absolute Gasteiger partial charge is 0.250 e. The summed E-state index contributed by atoms with van der Waals surface area (Å²) in [6.45, 7) is 3.86. The van der Waals surface area contributed by atoms with Gasteiger partial charge in [0.25, 0.3) is 5.91 Å². The Morgan fingerprint density at radius 1 is 1.10 bits per heavy atom. The Morgan fingerprint density at radius 3 is 2.66 bits per heavy atom. The molecule has 3 N–H and O–H groups in total. The van der Waals surface area contributed by atoms with Crippen molar-refractivity contribution >= 4 is 33.4 Å². The van der Waals surface area contributed by atoms with E-state index >= 15 is 0 Å². The molecule has 1 saturated heterocycles. The van der Waals surface area contributed by atoms with Crippen LogP contribution in [0.3, 0.4) is 0 Å². The minimum atomic E-state index is -0.407. The van der Waals surface area contributed by atoms with E-state index in [1.54, 1.807) is 6.07 Å². The standard InChI is InChI=1S/C23H22N4O2/c1-14-10-22(28)25-19-5-4-16(12-17(14)19)27-9-6-15-11-21(26-7-2-3-8-26)18(23(24)29)13-20(15)27/h4-6,9-13H,2-3,7-8H2,1H3,(H2,24,29)(H,25,28). The molecule has 0 atom stereocenters. The third-order valence-corrected chi connectivity index (χ3v) is 5.78. The minimum Gasteiger partial charge on any atom is -0.493 e. The minimum absolute atomic E-state index is 0.0229. The van der Waals surface area contributed by atoms with Crippen LogP contribution in [0.15, 0.2) is 48.7 Å². The van der Waals surface area contributed by atoms with Crippen LogP contribution in [0.5, 0.6) is 5.88 Å². The van der Waals surface area contributed by atoms with Crippen molar-refractivity contribution in [1.82, 2.24) is 9.55 Å². The van der Waals surface area contributed by atoms with E-state index in [0.717, 1.165) is 64.7 Å². The van der Waals surface area contributed by atoms with Crippen LogP contribution < -0.4 is 10.6 Å². The molecule has 4 aromatic rings. The molecule has 1 fully saturated rings. The van der Waals surface area contributed by atoms with Crippen LogP contribution in [0.1, 0.15) is 28.8 Å². The van der Waals surface area contributed by atoms with Gasteiger partial charge in [-0.05, 0) is 61.7 Å². The number of carbonyl (C=O) groups excluding carboxylic acids is 1. The number of aromatic nitrogens is 2. The average Bonchev–Trinajstić information content (AvgIpc) is 3.36. The van der Waals surface area contributed by atoms with Gasteiger partial charge in [0.05, 0.1) is 22.3 Å². The fraction of sp³-hybridized carbons (Fsp3) is 0.217. The molecule has 6 nitrogen and oxygen atoms in total. The van der Waals surface area contributed by atoms with Crippen LogP contribution in [-0.2, 0) is 0 Å². The Labute approximate surface area is 168 Å². The number of fused-ring (bicyclic) bond motifs is 2. The zero-order valence-corrected chi connectivity index (χ0v) is 16.2. The van der Waals surface area contributed by atoms with Gasteiger partial charge < -0.3 is 20.3 Å². The molecule has 2 aromatic heterocycles. The van der Waals surface area contributed by atoms with E-state index in [4.69, 9.17) is 5.73 Å². The van der Waals surface area contributed by atoms with Crippen LogP contribution >= 0.6 is 0 Å². The van der Waals surface area contributed by atoms with Crippen molar-refractivity contribution in [2.24, 2.45) is 5.73 Å². The van der Waals surface area contributed by atoms with Gasteiger partial charge in [-0.3, -0.25) is 4.79 Å². The quantitative estimate of drug-likeness (QED) is 0.559. The van der Waals surface area contributed by atoms with Crippen molar-refractivity contribution in [2.75, 3.05) is 18.0 Å². The average molecular weight is 386 g/mol. The summed E-state index contributed by atoms with van der Waals surface area (Å²) in [5.41, 5.74) is 10.8. The molecule has 0 aliphatic carbocycles. The van der Waals surface area contributed by atoms with Crippen molar-refractivity contribution < 1.29 is 9.90 Å². The predicted octanol–water partition coefficient (Wildman–Crippen LogP) is 3.89. The van der Waals surface area contributed by atoms with Gasteiger partial charge >= 0.3 is 0 Å². The molecule has 1 amide bonds. The van der Waals surface area contributed by atoms with Crippen molar-refractivity contribution in [2.45, 2.75) is 19.8 Å². The first kappa shape index (κ1) is 17.6. The molecule has 1 aliphatic heterocycles.